The van der Waals surface area contributed by atoms with Crippen molar-refractivity contribution in [3.05, 3.63) is 36.0 Å². The van der Waals surface area contributed by atoms with Gasteiger partial charge < -0.3 is 4.74 Å². The van der Waals surface area contributed by atoms with E-state index in [4.69, 9.17) is 16.4 Å². The predicted molar refractivity (Wildman–Crippen MR) is 85.2 cm³/mol. The molecule has 1 heterocycles. The molecule has 2 rings (SSSR count). The van der Waals surface area contributed by atoms with Crippen LogP contribution in [0.3, 0.4) is 0 Å². The van der Waals surface area contributed by atoms with Gasteiger partial charge in [-0.2, -0.15) is 5.10 Å². The summed E-state index contributed by atoms with van der Waals surface area (Å²) in [7, 11) is 1.43. The summed E-state index contributed by atoms with van der Waals surface area (Å²) in [6, 6.07) is 6.68. The molecule has 0 unspecified atom stereocenters. The lowest BCUT2D eigenvalue weighted by molar-refractivity contribution is 0.216. The molecule has 118 valence electrons. The summed E-state index contributed by atoms with van der Waals surface area (Å²) < 4.78 is 5.64. The number of amides is 2. The van der Waals surface area contributed by atoms with E-state index in [9.17, 15) is 4.79 Å². The van der Waals surface area contributed by atoms with Gasteiger partial charge in [0.25, 0.3) is 0 Å². The molecule has 0 atom stereocenters. The van der Waals surface area contributed by atoms with Crippen molar-refractivity contribution in [1.29, 1.82) is 0 Å². The average Bonchev–Trinajstić information content (AvgIpc) is 3.04. The summed E-state index contributed by atoms with van der Waals surface area (Å²) in [5.41, 5.74) is 1.33. The monoisotopic (exact) mass is 322 g/mol. The number of thioether (sulfide) groups is 1. The highest BCUT2D eigenvalue weighted by atomic mass is 32.2. The second-order valence-electron chi connectivity index (χ2n) is 4.43. The highest BCUT2D eigenvalue weighted by Crippen LogP contribution is 2.30. The quantitative estimate of drug-likeness (QED) is 0.331. The van der Waals surface area contributed by atoms with Gasteiger partial charge in [-0.1, -0.05) is 6.07 Å². The molecule has 0 aliphatic heterocycles. The van der Waals surface area contributed by atoms with Gasteiger partial charge in [-0.25, -0.2) is 26.6 Å². The maximum absolute atomic E-state index is 12.0. The summed E-state index contributed by atoms with van der Waals surface area (Å²) >= 11 is 1.54. The molecule has 9 heteroatoms. The summed E-state index contributed by atoms with van der Waals surface area (Å²) in [6.07, 6.45) is 3.54. The fourth-order valence-corrected chi connectivity index (χ4v) is 2.49. The van der Waals surface area contributed by atoms with Gasteiger partial charge in [0, 0.05) is 23.6 Å². The molecular weight excluding hydrogens is 304 g/mol. The minimum Gasteiger partial charge on any atom is -0.473 e. The van der Waals surface area contributed by atoms with E-state index in [1.54, 1.807) is 30.1 Å². The van der Waals surface area contributed by atoms with Crippen LogP contribution < -0.4 is 21.4 Å². The van der Waals surface area contributed by atoms with Crippen LogP contribution in [-0.4, -0.2) is 34.5 Å². The standard InChI is InChI=1S/C13H18N6O2S/c1-18(14)13(20)19(15)10-4-3-5-11(22-2)9(10)8-21-12-6-7-16-17-12/h3-7H,8,14-15H2,1-2H3,(H,16,17). The van der Waals surface area contributed by atoms with E-state index in [-0.39, 0.29) is 6.61 Å². The molecule has 5 N–H and O–H groups in total. The molecule has 0 aliphatic carbocycles. The molecule has 2 aromatic rings. The molecule has 1 aromatic carbocycles. The largest absolute Gasteiger partial charge is 0.473 e. The fourth-order valence-electron chi connectivity index (χ4n) is 1.86. The van der Waals surface area contributed by atoms with Gasteiger partial charge in [0.1, 0.15) is 6.61 Å². The number of nitrogens with two attached hydrogens (primary N) is 2. The number of nitrogens with zero attached hydrogens (tertiary/aromatic N) is 3. The van der Waals surface area contributed by atoms with Crippen LogP contribution in [0.4, 0.5) is 10.5 Å². The van der Waals surface area contributed by atoms with Crippen molar-refractivity contribution in [3.8, 4) is 5.88 Å². The Hall–Kier alpha value is -2.23. The lowest BCUT2D eigenvalue weighted by Crippen LogP contribution is -2.49. The maximum atomic E-state index is 12.0. The maximum Gasteiger partial charge on any atom is 0.352 e. The summed E-state index contributed by atoms with van der Waals surface area (Å²) in [5, 5.41) is 8.46. The topological polar surface area (TPSA) is 114 Å². The Bertz CT molecular complexity index is 631. The number of nitrogens with one attached hydrogen (secondary N) is 1. The molecular formula is C13H18N6O2S. The number of anilines is 1. The molecule has 22 heavy (non-hydrogen) atoms. The molecule has 1 aromatic heterocycles. The molecule has 0 radical (unpaired) electrons. The SMILES string of the molecule is CSc1cccc(N(N)C(=O)N(C)N)c1COc1ccn[nH]1. The second-order valence-corrected chi connectivity index (χ2v) is 5.28. The molecule has 2 amide bonds. The van der Waals surface area contributed by atoms with E-state index >= 15 is 0 Å². The number of carbonyl (C=O) groups is 1. The number of hydrazine groups is 2. The molecule has 0 saturated carbocycles. The number of rotatable bonds is 5. The Morgan fingerprint density at radius 1 is 1.41 bits per heavy atom. The van der Waals surface area contributed by atoms with Crippen LogP contribution in [0.1, 0.15) is 5.56 Å². The number of aromatic amines is 1. The van der Waals surface area contributed by atoms with Gasteiger partial charge in [0.05, 0.1) is 11.9 Å². The fraction of sp³-hybridized carbons (Fsp3) is 0.231. The third-order valence-corrected chi connectivity index (χ3v) is 3.77. The Kier molecular flexibility index (Phi) is 5.26. The zero-order valence-electron chi connectivity index (χ0n) is 12.3. The van der Waals surface area contributed by atoms with Crippen LogP contribution in [0.25, 0.3) is 0 Å². The predicted octanol–water partition coefficient (Wildman–Crippen LogP) is 1.32. The zero-order valence-corrected chi connectivity index (χ0v) is 13.1. The van der Waals surface area contributed by atoms with E-state index in [0.717, 1.165) is 20.5 Å². The van der Waals surface area contributed by atoms with Crippen molar-refractivity contribution in [2.75, 3.05) is 18.3 Å². The zero-order chi connectivity index (χ0) is 16.1. The summed E-state index contributed by atoms with van der Waals surface area (Å²) in [6.45, 7) is 0.240. The first-order chi connectivity index (χ1) is 10.5. The van der Waals surface area contributed by atoms with Crippen molar-refractivity contribution < 1.29 is 9.53 Å². The number of hydrogen-bond acceptors (Lipinski definition) is 6. The van der Waals surface area contributed by atoms with Gasteiger partial charge in [0.2, 0.25) is 5.88 Å². The van der Waals surface area contributed by atoms with Crippen LogP contribution in [0.15, 0.2) is 35.4 Å². The van der Waals surface area contributed by atoms with E-state index in [2.05, 4.69) is 10.2 Å². The average molecular weight is 322 g/mol. The van der Waals surface area contributed by atoms with E-state index in [1.807, 2.05) is 18.4 Å². The molecule has 0 bridgehead atoms. The van der Waals surface area contributed by atoms with Crippen molar-refractivity contribution in [3.63, 3.8) is 0 Å². The Balaban J connectivity index is 2.30. The van der Waals surface area contributed by atoms with Gasteiger partial charge in [-0.15, -0.1) is 11.8 Å². The van der Waals surface area contributed by atoms with Crippen molar-refractivity contribution >= 4 is 23.5 Å². The first-order valence-electron chi connectivity index (χ1n) is 6.40. The molecule has 0 aliphatic rings. The van der Waals surface area contributed by atoms with Gasteiger partial charge in [0.15, 0.2) is 0 Å². The molecule has 0 spiro atoms. The van der Waals surface area contributed by atoms with Crippen LogP contribution >= 0.6 is 11.8 Å². The number of aromatic nitrogens is 2. The normalized spacial score (nSPS) is 10.4. The number of benzene rings is 1. The van der Waals surface area contributed by atoms with E-state index < -0.39 is 6.03 Å². The molecule has 8 nitrogen and oxygen atoms in total. The van der Waals surface area contributed by atoms with Crippen LogP contribution in [0.2, 0.25) is 0 Å². The smallest absolute Gasteiger partial charge is 0.352 e. The number of ether oxygens (including phenoxy) is 1. The third-order valence-electron chi connectivity index (χ3n) is 2.94. The first kappa shape index (κ1) is 16.1. The first-order valence-corrected chi connectivity index (χ1v) is 7.62. The number of hydrogen-bond donors (Lipinski definition) is 3. The number of H-pyrrole nitrogens is 1. The summed E-state index contributed by atoms with van der Waals surface area (Å²) in [4.78, 5) is 12.9. The lowest BCUT2D eigenvalue weighted by atomic mass is 10.2. The van der Waals surface area contributed by atoms with Crippen molar-refractivity contribution in [2.24, 2.45) is 11.7 Å². The lowest BCUT2D eigenvalue weighted by Gasteiger charge is -2.24. The van der Waals surface area contributed by atoms with Gasteiger partial charge in [-0.3, -0.25) is 5.01 Å². The Morgan fingerprint density at radius 3 is 2.77 bits per heavy atom. The van der Waals surface area contributed by atoms with Crippen LogP contribution in [-0.2, 0) is 6.61 Å². The highest BCUT2D eigenvalue weighted by Gasteiger charge is 2.19. The van der Waals surface area contributed by atoms with Gasteiger partial charge >= 0.3 is 6.03 Å². The van der Waals surface area contributed by atoms with E-state index in [0.29, 0.717) is 11.6 Å². The van der Waals surface area contributed by atoms with E-state index in [1.165, 1.54) is 7.05 Å². The third kappa shape index (κ3) is 3.50. The number of urea groups is 1. The Labute approximate surface area is 132 Å². The molecule has 0 fully saturated rings. The number of carbonyl (C=O) groups excluding carboxylic acids is 1. The second kappa shape index (κ2) is 7.16. The van der Waals surface area contributed by atoms with Gasteiger partial charge in [-0.05, 0) is 18.4 Å². The van der Waals surface area contributed by atoms with Crippen LogP contribution in [0, 0.1) is 0 Å². The van der Waals surface area contributed by atoms with Crippen molar-refractivity contribution in [2.45, 2.75) is 11.5 Å². The van der Waals surface area contributed by atoms with Crippen LogP contribution in [0.5, 0.6) is 5.88 Å². The highest BCUT2D eigenvalue weighted by molar-refractivity contribution is 7.98. The Morgan fingerprint density at radius 2 is 2.18 bits per heavy atom. The summed E-state index contributed by atoms with van der Waals surface area (Å²) in [5.74, 6) is 11.9. The minimum atomic E-state index is -0.527. The van der Waals surface area contributed by atoms with Crippen molar-refractivity contribution in [1.82, 2.24) is 15.2 Å². The molecule has 0 saturated heterocycles. The minimum absolute atomic E-state index is 0.240.